The predicted octanol–water partition coefficient (Wildman–Crippen LogP) is 4.15. The van der Waals surface area contributed by atoms with Crippen LogP contribution in [0.3, 0.4) is 0 Å². The van der Waals surface area contributed by atoms with Gasteiger partial charge in [-0.1, -0.05) is 13.0 Å². The Kier molecular flexibility index (Phi) is 2.49. The molecule has 0 heterocycles. The van der Waals surface area contributed by atoms with Gasteiger partial charge in [0.05, 0.1) is 5.56 Å². The lowest BCUT2D eigenvalue weighted by Crippen LogP contribution is -2.11. The van der Waals surface area contributed by atoms with Crippen molar-refractivity contribution in [3.8, 4) is 0 Å². The lowest BCUT2D eigenvalue weighted by molar-refractivity contribution is -0.137. The van der Waals surface area contributed by atoms with Crippen molar-refractivity contribution in [1.29, 1.82) is 0 Å². The normalized spacial score (nSPS) is 21.2. The second kappa shape index (κ2) is 3.54. The van der Waals surface area contributed by atoms with Crippen LogP contribution in [0, 0.1) is 0 Å². The second-order valence-electron chi connectivity index (χ2n) is 4.20. The molecule has 1 aromatic rings. The summed E-state index contributed by atoms with van der Waals surface area (Å²) < 4.78 is 37.5. The molecule has 0 spiro atoms. The molecule has 0 aliphatic heterocycles. The molecule has 1 atom stereocenters. The van der Waals surface area contributed by atoms with Crippen LogP contribution in [0.15, 0.2) is 18.2 Å². The summed E-state index contributed by atoms with van der Waals surface area (Å²) in [4.78, 5) is 0. The largest absolute Gasteiger partial charge is 0.416 e. The summed E-state index contributed by atoms with van der Waals surface area (Å²) in [6.07, 6.45) is -1.22. The van der Waals surface area contributed by atoms with Crippen molar-refractivity contribution in [2.45, 2.75) is 38.3 Å². The monoisotopic (exact) mass is 214 g/mol. The van der Waals surface area contributed by atoms with Crippen molar-refractivity contribution in [1.82, 2.24) is 0 Å². The molecular formula is C12H13F3. The smallest absolute Gasteiger partial charge is 0.166 e. The first kappa shape index (κ1) is 10.5. The number of hydrogen-bond donors (Lipinski definition) is 0. The van der Waals surface area contributed by atoms with E-state index in [1.165, 1.54) is 12.1 Å². The Morgan fingerprint density at radius 3 is 2.67 bits per heavy atom. The van der Waals surface area contributed by atoms with Crippen LogP contribution in [0.4, 0.5) is 13.2 Å². The van der Waals surface area contributed by atoms with E-state index in [0.29, 0.717) is 0 Å². The Labute approximate surface area is 87.1 Å². The topological polar surface area (TPSA) is 0 Å². The van der Waals surface area contributed by atoms with Gasteiger partial charge in [-0.2, -0.15) is 13.2 Å². The van der Waals surface area contributed by atoms with Gasteiger partial charge in [0.15, 0.2) is 0 Å². The van der Waals surface area contributed by atoms with Gasteiger partial charge in [-0.3, -0.25) is 0 Å². The fraction of sp³-hybridized carbons (Fsp3) is 0.500. The minimum atomic E-state index is -4.22. The summed E-state index contributed by atoms with van der Waals surface area (Å²) in [6.45, 7) is 2.00. The van der Waals surface area contributed by atoms with Gasteiger partial charge in [0, 0.05) is 0 Å². The van der Waals surface area contributed by atoms with Crippen molar-refractivity contribution in [3.63, 3.8) is 0 Å². The first-order valence-electron chi connectivity index (χ1n) is 5.18. The van der Waals surface area contributed by atoms with E-state index < -0.39 is 11.7 Å². The Morgan fingerprint density at radius 2 is 2.00 bits per heavy atom. The highest BCUT2D eigenvalue weighted by Crippen LogP contribution is 2.36. The van der Waals surface area contributed by atoms with E-state index in [4.69, 9.17) is 0 Å². The van der Waals surface area contributed by atoms with Crippen molar-refractivity contribution in [3.05, 3.63) is 34.9 Å². The van der Waals surface area contributed by atoms with Gasteiger partial charge in [0.1, 0.15) is 0 Å². The maximum absolute atomic E-state index is 12.5. The molecule has 0 bridgehead atoms. The zero-order valence-electron chi connectivity index (χ0n) is 8.56. The van der Waals surface area contributed by atoms with Gasteiger partial charge in [-0.05, 0) is 48.4 Å². The van der Waals surface area contributed by atoms with E-state index in [1.807, 2.05) is 6.92 Å². The molecule has 1 aliphatic carbocycles. The SMILES string of the molecule is CC1CCCc2ccc(C(F)(F)F)cc21. The quantitative estimate of drug-likeness (QED) is 0.608. The molecule has 0 radical (unpaired) electrons. The van der Waals surface area contributed by atoms with E-state index in [2.05, 4.69) is 0 Å². The molecule has 0 aromatic heterocycles. The van der Waals surface area contributed by atoms with Crippen molar-refractivity contribution in [2.24, 2.45) is 0 Å². The highest BCUT2D eigenvalue weighted by atomic mass is 19.4. The van der Waals surface area contributed by atoms with E-state index in [-0.39, 0.29) is 5.92 Å². The zero-order valence-corrected chi connectivity index (χ0v) is 8.56. The summed E-state index contributed by atoms with van der Waals surface area (Å²) in [5.41, 5.74) is 1.45. The van der Waals surface area contributed by atoms with E-state index in [0.717, 1.165) is 30.4 Å². The third-order valence-electron chi connectivity index (χ3n) is 3.09. The summed E-state index contributed by atoms with van der Waals surface area (Å²) in [5, 5.41) is 0. The second-order valence-corrected chi connectivity index (χ2v) is 4.20. The Balaban J connectivity index is 2.44. The fourth-order valence-corrected chi connectivity index (χ4v) is 2.21. The fourth-order valence-electron chi connectivity index (χ4n) is 2.21. The Bertz CT molecular complexity index is 366. The molecule has 3 heteroatoms. The molecule has 2 rings (SSSR count). The average molecular weight is 214 g/mol. The predicted molar refractivity (Wildman–Crippen MR) is 52.8 cm³/mol. The summed E-state index contributed by atoms with van der Waals surface area (Å²) in [6, 6.07) is 4.14. The third-order valence-corrected chi connectivity index (χ3v) is 3.09. The molecule has 0 nitrogen and oxygen atoms in total. The van der Waals surface area contributed by atoms with Crippen LogP contribution in [0.5, 0.6) is 0 Å². The van der Waals surface area contributed by atoms with E-state index in [9.17, 15) is 13.2 Å². The van der Waals surface area contributed by atoms with Gasteiger partial charge < -0.3 is 0 Å². The van der Waals surface area contributed by atoms with Gasteiger partial charge in [-0.25, -0.2) is 0 Å². The molecule has 0 saturated carbocycles. The van der Waals surface area contributed by atoms with E-state index in [1.54, 1.807) is 6.07 Å². The van der Waals surface area contributed by atoms with Gasteiger partial charge >= 0.3 is 6.18 Å². The highest BCUT2D eigenvalue weighted by Gasteiger charge is 2.31. The van der Waals surface area contributed by atoms with Crippen LogP contribution in [0.25, 0.3) is 0 Å². The minimum absolute atomic E-state index is 0.260. The number of rotatable bonds is 0. The standard InChI is InChI=1S/C12H13F3/c1-8-3-2-4-9-5-6-10(7-11(8)9)12(13,14)15/h5-8H,2-4H2,1H3. The number of benzene rings is 1. The van der Waals surface area contributed by atoms with Gasteiger partial charge in [0.25, 0.3) is 0 Å². The van der Waals surface area contributed by atoms with Crippen LogP contribution in [-0.4, -0.2) is 0 Å². The maximum atomic E-state index is 12.5. The van der Waals surface area contributed by atoms with Gasteiger partial charge in [-0.15, -0.1) is 0 Å². The molecular weight excluding hydrogens is 201 g/mol. The number of hydrogen-bond acceptors (Lipinski definition) is 0. The van der Waals surface area contributed by atoms with Crippen LogP contribution in [0.1, 0.15) is 42.4 Å². The molecule has 82 valence electrons. The van der Waals surface area contributed by atoms with Crippen LogP contribution in [0.2, 0.25) is 0 Å². The van der Waals surface area contributed by atoms with Crippen LogP contribution >= 0.6 is 0 Å². The first-order valence-corrected chi connectivity index (χ1v) is 5.18. The highest BCUT2D eigenvalue weighted by molar-refractivity contribution is 5.37. The average Bonchev–Trinajstić information content (AvgIpc) is 2.16. The summed E-state index contributed by atoms with van der Waals surface area (Å²) >= 11 is 0. The van der Waals surface area contributed by atoms with Crippen LogP contribution < -0.4 is 0 Å². The molecule has 1 aliphatic rings. The van der Waals surface area contributed by atoms with Crippen molar-refractivity contribution < 1.29 is 13.2 Å². The van der Waals surface area contributed by atoms with Crippen molar-refractivity contribution >= 4 is 0 Å². The minimum Gasteiger partial charge on any atom is -0.166 e. The Morgan fingerprint density at radius 1 is 1.27 bits per heavy atom. The maximum Gasteiger partial charge on any atom is 0.416 e. The molecule has 15 heavy (non-hydrogen) atoms. The zero-order chi connectivity index (χ0) is 11.1. The van der Waals surface area contributed by atoms with Gasteiger partial charge in [0.2, 0.25) is 0 Å². The first-order chi connectivity index (χ1) is 6.98. The molecule has 0 saturated heterocycles. The number of aryl methyl sites for hydroxylation is 1. The van der Waals surface area contributed by atoms with Crippen LogP contribution in [-0.2, 0) is 12.6 Å². The molecule has 1 aromatic carbocycles. The lowest BCUT2D eigenvalue weighted by Gasteiger charge is -2.23. The number of fused-ring (bicyclic) bond motifs is 1. The van der Waals surface area contributed by atoms with Crippen molar-refractivity contribution in [2.75, 3.05) is 0 Å². The molecule has 0 amide bonds. The number of halogens is 3. The third kappa shape index (κ3) is 2.01. The molecule has 1 unspecified atom stereocenters. The number of alkyl halides is 3. The summed E-state index contributed by atoms with van der Waals surface area (Å²) in [5.74, 6) is 0.260. The Hall–Kier alpha value is -0.990. The van der Waals surface area contributed by atoms with E-state index >= 15 is 0 Å². The summed E-state index contributed by atoms with van der Waals surface area (Å²) in [7, 11) is 0. The lowest BCUT2D eigenvalue weighted by atomic mass is 9.83. The molecule has 0 fully saturated rings. The molecule has 0 N–H and O–H groups in total.